The van der Waals surface area contributed by atoms with Gasteiger partial charge in [-0.2, -0.15) is 0 Å². The number of aromatic nitrogens is 5. The Morgan fingerprint density at radius 3 is 1.97 bits per heavy atom. The van der Waals surface area contributed by atoms with Crippen molar-refractivity contribution in [3.8, 4) is 11.4 Å². The van der Waals surface area contributed by atoms with Crippen LogP contribution in [0, 0.1) is 0 Å². The Balaban J connectivity index is 1.59. The van der Waals surface area contributed by atoms with E-state index in [9.17, 15) is 0 Å². The summed E-state index contributed by atoms with van der Waals surface area (Å²) in [4.78, 5) is 14.9. The van der Waals surface area contributed by atoms with Crippen molar-refractivity contribution in [2.75, 3.05) is 0 Å². The highest BCUT2D eigenvalue weighted by atomic mass is 15.1. The molecule has 3 heterocycles. The molecule has 0 aliphatic carbocycles. The number of para-hydroxylation sites is 4. The van der Waals surface area contributed by atoms with Crippen LogP contribution in [-0.2, 0) is 5.41 Å². The van der Waals surface area contributed by atoms with E-state index in [1.54, 1.807) is 0 Å². The van der Waals surface area contributed by atoms with Gasteiger partial charge in [-0.05, 0) is 61.9 Å². The fourth-order valence-corrected chi connectivity index (χ4v) is 4.97. The van der Waals surface area contributed by atoms with Gasteiger partial charge in [0.25, 0.3) is 0 Å². The topological polar surface area (TPSA) is 48.5 Å². The number of pyridine rings is 1. The summed E-state index contributed by atoms with van der Waals surface area (Å²) >= 11 is 0. The molecule has 0 saturated heterocycles. The van der Waals surface area contributed by atoms with Crippen LogP contribution in [0.15, 0.2) is 97.2 Å². The zero-order valence-electron chi connectivity index (χ0n) is 21.1. The first-order chi connectivity index (χ1) is 17.4. The highest BCUT2D eigenvalue weighted by Crippen LogP contribution is 2.36. The number of benzene rings is 3. The minimum Gasteiger partial charge on any atom is -0.296 e. The second-order valence-corrected chi connectivity index (χ2v) is 10.1. The number of fused-ring (bicyclic) bond motifs is 2. The SMILES string of the molecule is CC(C)c1nc2ncc(C(C)(C)c3nc4ccccc4n3-c3ccccc3)cc2n1-c1ccccc1. The van der Waals surface area contributed by atoms with Gasteiger partial charge in [-0.3, -0.25) is 9.13 Å². The van der Waals surface area contributed by atoms with E-state index >= 15 is 0 Å². The Morgan fingerprint density at radius 2 is 1.31 bits per heavy atom. The van der Waals surface area contributed by atoms with E-state index in [1.165, 1.54) is 0 Å². The van der Waals surface area contributed by atoms with Gasteiger partial charge in [0.05, 0.1) is 16.6 Å². The average molecular weight is 472 g/mol. The Kier molecular flexibility index (Phi) is 5.22. The normalized spacial score (nSPS) is 12.1. The van der Waals surface area contributed by atoms with Gasteiger partial charge in [0, 0.05) is 28.9 Å². The lowest BCUT2D eigenvalue weighted by atomic mass is 9.84. The summed E-state index contributed by atoms with van der Waals surface area (Å²) in [6.07, 6.45) is 1.96. The van der Waals surface area contributed by atoms with Gasteiger partial charge in [0.15, 0.2) is 5.65 Å². The quantitative estimate of drug-likeness (QED) is 0.267. The predicted molar refractivity (Wildman–Crippen MR) is 146 cm³/mol. The first kappa shape index (κ1) is 22.2. The molecule has 6 rings (SSSR count). The van der Waals surface area contributed by atoms with E-state index in [2.05, 4.69) is 110 Å². The van der Waals surface area contributed by atoms with Gasteiger partial charge in [-0.15, -0.1) is 0 Å². The summed E-state index contributed by atoms with van der Waals surface area (Å²) in [6.45, 7) is 8.80. The molecule has 0 fully saturated rings. The molecule has 0 spiro atoms. The fraction of sp³-hybridized carbons (Fsp3) is 0.194. The van der Waals surface area contributed by atoms with Crippen molar-refractivity contribution in [3.63, 3.8) is 0 Å². The lowest BCUT2D eigenvalue weighted by molar-refractivity contribution is 0.581. The van der Waals surface area contributed by atoms with Gasteiger partial charge < -0.3 is 0 Å². The molecule has 178 valence electrons. The van der Waals surface area contributed by atoms with Crippen LogP contribution in [0.5, 0.6) is 0 Å². The number of hydrogen-bond acceptors (Lipinski definition) is 3. The third kappa shape index (κ3) is 3.51. The average Bonchev–Trinajstić information content (AvgIpc) is 3.49. The summed E-state index contributed by atoms with van der Waals surface area (Å²) in [5.74, 6) is 2.25. The van der Waals surface area contributed by atoms with E-state index in [0.717, 1.165) is 50.8 Å². The minimum absolute atomic E-state index is 0.262. The van der Waals surface area contributed by atoms with Gasteiger partial charge >= 0.3 is 0 Å². The van der Waals surface area contributed by atoms with Crippen LogP contribution in [0.2, 0.25) is 0 Å². The van der Waals surface area contributed by atoms with E-state index in [1.807, 2.05) is 24.4 Å². The fourth-order valence-electron chi connectivity index (χ4n) is 4.97. The Morgan fingerprint density at radius 1 is 0.694 bits per heavy atom. The van der Waals surface area contributed by atoms with Crippen molar-refractivity contribution in [3.05, 3.63) is 114 Å². The monoisotopic (exact) mass is 471 g/mol. The maximum atomic E-state index is 5.14. The molecular formula is C31H29N5. The van der Waals surface area contributed by atoms with Crippen LogP contribution >= 0.6 is 0 Å². The zero-order chi connectivity index (χ0) is 24.9. The van der Waals surface area contributed by atoms with Crippen LogP contribution in [0.25, 0.3) is 33.6 Å². The molecule has 0 atom stereocenters. The molecule has 36 heavy (non-hydrogen) atoms. The molecule has 0 radical (unpaired) electrons. The van der Waals surface area contributed by atoms with E-state index < -0.39 is 5.41 Å². The zero-order valence-corrected chi connectivity index (χ0v) is 21.1. The van der Waals surface area contributed by atoms with Crippen molar-refractivity contribution in [2.45, 2.75) is 39.0 Å². The summed E-state index contributed by atoms with van der Waals surface area (Å²) < 4.78 is 4.51. The molecule has 0 saturated carbocycles. The van der Waals surface area contributed by atoms with Crippen molar-refractivity contribution < 1.29 is 0 Å². The van der Waals surface area contributed by atoms with Gasteiger partial charge in [0.1, 0.15) is 11.6 Å². The molecule has 0 amide bonds. The summed E-state index contributed by atoms with van der Waals surface area (Å²) in [7, 11) is 0. The third-order valence-electron chi connectivity index (χ3n) is 6.92. The largest absolute Gasteiger partial charge is 0.296 e. The highest BCUT2D eigenvalue weighted by Gasteiger charge is 2.32. The lowest BCUT2D eigenvalue weighted by Gasteiger charge is -2.26. The van der Waals surface area contributed by atoms with E-state index in [-0.39, 0.29) is 5.92 Å². The molecule has 0 aliphatic rings. The number of imidazole rings is 2. The van der Waals surface area contributed by atoms with Crippen molar-refractivity contribution >= 4 is 22.2 Å². The molecule has 6 aromatic rings. The maximum Gasteiger partial charge on any atom is 0.178 e. The van der Waals surface area contributed by atoms with E-state index in [0.29, 0.717) is 0 Å². The number of nitrogens with zero attached hydrogens (tertiary/aromatic N) is 5. The summed E-state index contributed by atoms with van der Waals surface area (Å²) in [5, 5.41) is 0. The maximum absolute atomic E-state index is 5.14. The van der Waals surface area contributed by atoms with Crippen molar-refractivity contribution in [2.24, 2.45) is 0 Å². The van der Waals surface area contributed by atoms with Crippen molar-refractivity contribution in [1.82, 2.24) is 24.1 Å². The molecule has 3 aromatic carbocycles. The first-order valence-corrected chi connectivity index (χ1v) is 12.4. The smallest absolute Gasteiger partial charge is 0.178 e. The molecule has 0 N–H and O–H groups in total. The standard InChI is InChI=1S/C31H29N5/c1-21(2)29-34-28-27(35(29)23-13-7-5-8-14-23)19-22(20-32-28)31(3,4)30-33-25-17-11-12-18-26(25)36(30)24-15-9-6-10-16-24/h5-21H,1-4H3. The van der Waals surface area contributed by atoms with Crippen LogP contribution in [0.4, 0.5) is 0 Å². The van der Waals surface area contributed by atoms with Gasteiger partial charge in [-0.1, -0.05) is 62.4 Å². The molecule has 3 aromatic heterocycles. The third-order valence-corrected chi connectivity index (χ3v) is 6.92. The van der Waals surface area contributed by atoms with Crippen LogP contribution in [0.3, 0.4) is 0 Å². The summed E-state index contributed by atoms with van der Waals surface area (Å²) in [6, 6.07) is 31.4. The first-order valence-electron chi connectivity index (χ1n) is 12.4. The second kappa shape index (κ2) is 8.45. The lowest BCUT2D eigenvalue weighted by Crippen LogP contribution is -2.24. The van der Waals surface area contributed by atoms with Crippen LogP contribution in [0.1, 0.15) is 50.8 Å². The Hall–Kier alpha value is -4.25. The molecule has 5 heteroatoms. The number of rotatable bonds is 5. The summed E-state index contributed by atoms with van der Waals surface area (Å²) in [5.41, 5.74) is 6.72. The van der Waals surface area contributed by atoms with Crippen LogP contribution in [-0.4, -0.2) is 24.1 Å². The van der Waals surface area contributed by atoms with Crippen LogP contribution < -0.4 is 0 Å². The molecule has 0 unspecified atom stereocenters. The molecular weight excluding hydrogens is 442 g/mol. The number of hydrogen-bond donors (Lipinski definition) is 0. The minimum atomic E-state index is -0.417. The van der Waals surface area contributed by atoms with E-state index in [4.69, 9.17) is 15.0 Å². The predicted octanol–water partition coefficient (Wildman–Crippen LogP) is 7.21. The van der Waals surface area contributed by atoms with Crippen molar-refractivity contribution in [1.29, 1.82) is 0 Å². The Labute approximate surface area is 211 Å². The second-order valence-electron chi connectivity index (χ2n) is 10.1. The molecule has 0 aliphatic heterocycles. The highest BCUT2D eigenvalue weighted by molar-refractivity contribution is 5.79. The molecule has 0 bridgehead atoms. The van der Waals surface area contributed by atoms with Gasteiger partial charge in [-0.25, -0.2) is 15.0 Å². The Bertz CT molecular complexity index is 1670. The van der Waals surface area contributed by atoms with Gasteiger partial charge in [0.2, 0.25) is 0 Å². The molecule has 5 nitrogen and oxygen atoms in total.